The van der Waals surface area contributed by atoms with E-state index in [2.05, 4.69) is 5.32 Å². The lowest BCUT2D eigenvalue weighted by Gasteiger charge is -2.19. The number of rotatable bonds is 7. The number of carbonyl (C=O) groups excluding carboxylic acids is 1. The molecule has 134 valence electrons. The van der Waals surface area contributed by atoms with Gasteiger partial charge in [-0.15, -0.1) is 0 Å². The first-order chi connectivity index (χ1) is 12.7. The van der Waals surface area contributed by atoms with Crippen LogP contribution in [0.5, 0.6) is 5.75 Å². The van der Waals surface area contributed by atoms with Gasteiger partial charge < -0.3 is 19.8 Å². The van der Waals surface area contributed by atoms with Crippen LogP contribution in [0.25, 0.3) is 0 Å². The fourth-order valence-electron chi connectivity index (χ4n) is 2.87. The van der Waals surface area contributed by atoms with Gasteiger partial charge in [-0.05, 0) is 31.2 Å². The average Bonchev–Trinajstić information content (AvgIpc) is 3.21. The number of para-hydroxylation sites is 2. The number of furan rings is 1. The monoisotopic (exact) mass is 351 g/mol. The fraction of sp³-hybridized carbons (Fsp3) is 0.190. The van der Waals surface area contributed by atoms with Crippen LogP contribution in [-0.4, -0.2) is 19.1 Å². The molecule has 5 heteroatoms. The van der Waals surface area contributed by atoms with Gasteiger partial charge in [0.15, 0.2) is 17.8 Å². The first-order valence-electron chi connectivity index (χ1n) is 8.56. The van der Waals surface area contributed by atoms with Gasteiger partial charge >= 0.3 is 0 Å². The van der Waals surface area contributed by atoms with Crippen molar-refractivity contribution >= 4 is 11.6 Å². The van der Waals surface area contributed by atoms with Crippen LogP contribution in [0.2, 0.25) is 0 Å². The zero-order valence-corrected chi connectivity index (χ0v) is 14.9. The van der Waals surface area contributed by atoms with E-state index in [1.54, 1.807) is 13.4 Å². The van der Waals surface area contributed by atoms with Crippen molar-refractivity contribution in [3.8, 4) is 5.75 Å². The van der Waals surface area contributed by atoms with Gasteiger partial charge in [0.1, 0.15) is 5.75 Å². The molecule has 1 aromatic heterocycles. The third-order valence-electron chi connectivity index (χ3n) is 4.27. The maximum atomic E-state index is 12.7. The highest BCUT2D eigenvalue weighted by atomic mass is 16.5. The van der Waals surface area contributed by atoms with Crippen molar-refractivity contribution in [2.24, 2.45) is 0 Å². The van der Waals surface area contributed by atoms with Gasteiger partial charge in [-0.3, -0.25) is 4.79 Å². The maximum Gasteiger partial charge on any atom is 0.282 e. The molecule has 0 fully saturated rings. The van der Waals surface area contributed by atoms with E-state index in [1.165, 1.54) is 0 Å². The summed E-state index contributed by atoms with van der Waals surface area (Å²) in [5, 5.41) is 4.94. The Hall–Kier alpha value is -3.05. The van der Waals surface area contributed by atoms with Crippen molar-refractivity contribution in [2.75, 3.05) is 12.4 Å². The Labute approximate surface area is 153 Å². The van der Waals surface area contributed by atoms with E-state index in [9.17, 15) is 4.79 Å². The molecule has 5 nitrogen and oxygen atoms in total. The summed E-state index contributed by atoms with van der Waals surface area (Å²) in [4.78, 5) is 12.7. The molecule has 3 rings (SSSR count). The Morgan fingerprint density at radius 3 is 2.46 bits per heavy atom. The van der Waals surface area contributed by atoms with Crippen LogP contribution < -0.4 is 15.4 Å². The van der Waals surface area contributed by atoms with E-state index in [-0.39, 0.29) is 18.0 Å². The zero-order valence-electron chi connectivity index (χ0n) is 14.9. The van der Waals surface area contributed by atoms with Crippen molar-refractivity contribution in [1.29, 1.82) is 0 Å². The predicted octanol–water partition coefficient (Wildman–Crippen LogP) is 2.97. The highest BCUT2D eigenvalue weighted by molar-refractivity contribution is 5.94. The molecule has 0 bridgehead atoms. The van der Waals surface area contributed by atoms with Crippen LogP contribution in [0.1, 0.15) is 24.3 Å². The van der Waals surface area contributed by atoms with Crippen LogP contribution in [-0.2, 0) is 4.79 Å². The minimum Gasteiger partial charge on any atom is -0.495 e. The first kappa shape index (κ1) is 17.8. The van der Waals surface area contributed by atoms with Gasteiger partial charge in [0, 0.05) is 5.56 Å². The summed E-state index contributed by atoms with van der Waals surface area (Å²) in [5.41, 5.74) is 1.74. The summed E-state index contributed by atoms with van der Waals surface area (Å²) >= 11 is 0. The van der Waals surface area contributed by atoms with Gasteiger partial charge in [0.25, 0.3) is 5.91 Å². The molecule has 3 aromatic rings. The minimum absolute atomic E-state index is 0.0929. The quantitative estimate of drug-likeness (QED) is 0.688. The number of hydrogen-bond donors (Lipinski definition) is 2. The molecule has 2 atom stereocenters. The van der Waals surface area contributed by atoms with E-state index in [4.69, 9.17) is 9.15 Å². The highest BCUT2D eigenvalue weighted by Crippen LogP contribution is 2.23. The fourth-order valence-corrected chi connectivity index (χ4v) is 2.87. The number of quaternary nitrogens is 1. The van der Waals surface area contributed by atoms with Crippen molar-refractivity contribution in [1.82, 2.24) is 0 Å². The van der Waals surface area contributed by atoms with Gasteiger partial charge in [0.05, 0.1) is 19.1 Å². The van der Waals surface area contributed by atoms with E-state index in [1.807, 2.05) is 79.0 Å². The smallest absolute Gasteiger partial charge is 0.282 e. The van der Waals surface area contributed by atoms with Crippen LogP contribution in [0.3, 0.4) is 0 Å². The Morgan fingerprint density at radius 2 is 1.77 bits per heavy atom. The standard InChI is InChI=1S/C21H22N2O3/c1-15(21(24)23-17-11-6-7-12-18(17)25-2)22-20(19-13-8-14-26-19)16-9-4-3-5-10-16/h3-15,20,22H,1-2H3,(H,23,24)/p+1/t15-,20-/m1/s1. The summed E-state index contributed by atoms with van der Waals surface area (Å²) in [7, 11) is 1.59. The lowest BCUT2D eigenvalue weighted by Crippen LogP contribution is -2.92. The van der Waals surface area contributed by atoms with Crippen LogP contribution in [0.4, 0.5) is 5.69 Å². The van der Waals surface area contributed by atoms with E-state index >= 15 is 0 Å². The molecule has 1 amide bonds. The summed E-state index contributed by atoms with van der Waals surface area (Å²) < 4.78 is 10.9. The lowest BCUT2D eigenvalue weighted by atomic mass is 10.0. The summed E-state index contributed by atoms with van der Waals surface area (Å²) in [6.45, 7) is 1.88. The largest absolute Gasteiger partial charge is 0.495 e. The summed E-state index contributed by atoms with van der Waals surface area (Å²) in [6.07, 6.45) is 1.65. The molecular formula is C21H23N2O3+. The second-order valence-electron chi connectivity index (χ2n) is 6.07. The number of amides is 1. The van der Waals surface area contributed by atoms with Crippen molar-refractivity contribution in [2.45, 2.75) is 19.0 Å². The van der Waals surface area contributed by atoms with Crippen LogP contribution in [0, 0.1) is 0 Å². The molecule has 26 heavy (non-hydrogen) atoms. The van der Waals surface area contributed by atoms with Crippen LogP contribution in [0.15, 0.2) is 77.4 Å². The lowest BCUT2D eigenvalue weighted by molar-refractivity contribution is -0.706. The summed E-state index contributed by atoms with van der Waals surface area (Å²) in [5.74, 6) is 1.36. The van der Waals surface area contributed by atoms with Crippen molar-refractivity contribution in [3.05, 3.63) is 84.3 Å². The molecule has 1 heterocycles. The van der Waals surface area contributed by atoms with E-state index < -0.39 is 0 Å². The normalized spacial score (nSPS) is 13.0. The van der Waals surface area contributed by atoms with Gasteiger partial charge in [-0.2, -0.15) is 0 Å². The van der Waals surface area contributed by atoms with Gasteiger partial charge in [0.2, 0.25) is 0 Å². The molecule has 0 aliphatic rings. The number of anilines is 1. The van der Waals surface area contributed by atoms with Gasteiger partial charge in [-0.25, -0.2) is 0 Å². The molecule has 3 N–H and O–H groups in total. The predicted molar refractivity (Wildman–Crippen MR) is 100 cm³/mol. The van der Waals surface area contributed by atoms with Crippen LogP contribution >= 0.6 is 0 Å². The molecule has 0 spiro atoms. The second kappa shape index (κ2) is 8.36. The molecule has 0 aliphatic carbocycles. The molecule has 0 saturated heterocycles. The topological polar surface area (TPSA) is 68.1 Å². The molecule has 0 unspecified atom stereocenters. The summed E-state index contributed by atoms with van der Waals surface area (Å²) in [6, 6.07) is 20.8. The molecule has 0 aliphatic heterocycles. The Bertz CT molecular complexity index is 831. The maximum absolute atomic E-state index is 12.7. The Morgan fingerprint density at radius 1 is 1.04 bits per heavy atom. The number of nitrogens with one attached hydrogen (secondary N) is 1. The molecule has 0 radical (unpaired) electrons. The zero-order chi connectivity index (χ0) is 18.4. The number of methoxy groups -OCH3 is 1. The number of nitrogens with two attached hydrogens (primary N) is 1. The average molecular weight is 351 g/mol. The SMILES string of the molecule is COc1ccccc1NC(=O)[C@@H](C)[NH2+][C@H](c1ccccc1)c1ccco1. The van der Waals surface area contributed by atoms with Crippen molar-refractivity contribution in [3.63, 3.8) is 0 Å². The molecule has 0 saturated carbocycles. The molecular weight excluding hydrogens is 328 g/mol. The number of hydrogen-bond acceptors (Lipinski definition) is 3. The van der Waals surface area contributed by atoms with Gasteiger partial charge in [-0.1, -0.05) is 42.5 Å². The number of carbonyl (C=O) groups is 1. The third-order valence-corrected chi connectivity index (χ3v) is 4.27. The first-order valence-corrected chi connectivity index (χ1v) is 8.56. The van der Waals surface area contributed by atoms with E-state index in [0.29, 0.717) is 11.4 Å². The molecule has 2 aromatic carbocycles. The van der Waals surface area contributed by atoms with Crippen molar-refractivity contribution < 1.29 is 19.3 Å². The number of ether oxygens (including phenoxy) is 1. The number of benzene rings is 2. The Balaban J connectivity index is 1.75. The second-order valence-corrected chi connectivity index (χ2v) is 6.07. The Kier molecular flexibility index (Phi) is 5.71. The minimum atomic E-state index is -0.324. The third kappa shape index (κ3) is 4.13. The van der Waals surface area contributed by atoms with E-state index in [0.717, 1.165) is 11.3 Å². The highest BCUT2D eigenvalue weighted by Gasteiger charge is 2.27.